The monoisotopic (exact) mass is 455 g/mol. The van der Waals surface area contributed by atoms with Gasteiger partial charge in [-0.3, -0.25) is 13.7 Å². The molecule has 1 aliphatic heterocycles. The Balaban J connectivity index is 1.81. The Bertz CT molecular complexity index is 961. The fourth-order valence-electron chi connectivity index (χ4n) is 2.84. The number of fused-ring (bicyclic) bond motifs is 1. The molecule has 2 unspecified atom stereocenters. The van der Waals surface area contributed by atoms with Crippen molar-refractivity contribution in [3.63, 3.8) is 0 Å². The molecule has 0 radical (unpaired) electrons. The molecule has 0 saturated carbocycles. The summed E-state index contributed by atoms with van der Waals surface area (Å²) in [6, 6.07) is 0. The van der Waals surface area contributed by atoms with E-state index in [2.05, 4.69) is 15.0 Å². The molecule has 0 aliphatic carbocycles. The van der Waals surface area contributed by atoms with Gasteiger partial charge in [0.05, 0.1) is 12.9 Å². The molecule has 6 atom stereocenters. The standard InChI is InChI=1S/C13H20FN5O8P2/c1-25-3-7-17-11(15)9-12(18-7)19(4-16-9)13-8(14)10(20)6(27-13)2-26-29(23,24)5-28(21)22/h4,6,8,10,13,20,28H,2-3,5H2,1H3,(H,21,22)(H,23,24)(H2,15,17,18)/t6-,8+,10-,13-/m1/s1. The van der Waals surface area contributed by atoms with Crippen LogP contribution in [0.2, 0.25) is 0 Å². The van der Waals surface area contributed by atoms with E-state index in [0.29, 0.717) is 0 Å². The molecule has 5 N–H and O–H groups in total. The van der Waals surface area contributed by atoms with E-state index >= 15 is 0 Å². The van der Waals surface area contributed by atoms with Crippen molar-refractivity contribution in [3.05, 3.63) is 12.2 Å². The molecule has 13 nitrogen and oxygen atoms in total. The Labute approximate surface area is 164 Å². The van der Waals surface area contributed by atoms with E-state index in [-0.39, 0.29) is 29.4 Å². The first-order valence-corrected chi connectivity index (χ1v) is 11.6. The molecular formula is C13H20FN5O8P2. The molecule has 3 rings (SSSR count). The molecule has 29 heavy (non-hydrogen) atoms. The summed E-state index contributed by atoms with van der Waals surface area (Å²) in [6.45, 7) is -0.617. The van der Waals surface area contributed by atoms with Crippen LogP contribution in [0.3, 0.4) is 0 Å². The Hall–Kier alpha value is -1.50. The minimum Gasteiger partial charge on any atom is -0.387 e. The number of aliphatic hydroxyl groups is 1. The van der Waals surface area contributed by atoms with E-state index in [1.165, 1.54) is 18.0 Å². The van der Waals surface area contributed by atoms with E-state index < -0.39 is 52.7 Å². The van der Waals surface area contributed by atoms with E-state index in [0.717, 1.165) is 0 Å². The first-order chi connectivity index (χ1) is 13.6. The summed E-state index contributed by atoms with van der Waals surface area (Å²) in [4.78, 5) is 30.6. The van der Waals surface area contributed by atoms with E-state index in [9.17, 15) is 23.5 Å². The lowest BCUT2D eigenvalue weighted by molar-refractivity contribution is -0.0425. The fourth-order valence-corrected chi connectivity index (χ4v) is 4.95. The second-order valence-corrected chi connectivity index (χ2v) is 9.85. The van der Waals surface area contributed by atoms with Gasteiger partial charge in [-0.15, -0.1) is 0 Å². The molecule has 0 bridgehead atoms. The third kappa shape index (κ3) is 4.81. The lowest BCUT2D eigenvalue weighted by Crippen LogP contribution is -2.31. The summed E-state index contributed by atoms with van der Waals surface area (Å²) < 4.78 is 53.5. The second kappa shape index (κ2) is 8.70. The number of nitrogens with zero attached hydrogens (tertiary/aromatic N) is 4. The number of hydrogen-bond donors (Lipinski definition) is 4. The Morgan fingerprint density at radius 2 is 2.21 bits per heavy atom. The lowest BCUT2D eigenvalue weighted by Gasteiger charge is -2.17. The Morgan fingerprint density at radius 3 is 2.86 bits per heavy atom. The van der Waals surface area contributed by atoms with Crippen molar-refractivity contribution >= 4 is 32.6 Å². The fraction of sp³-hybridized carbons (Fsp3) is 0.615. The van der Waals surface area contributed by atoms with Crippen molar-refractivity contribution in [2.75, 3.05) is 25.4 Å². The maximum absolute atomic E-state index is 14.7. The zero-order valence-corrected chi connectivity index (χ0v) is 17.0. The van der Waals surface area contributed by atoms with Crippen LogP contribution in [0.15, 0.2) is 6.33 Å². The second-order valence-electron chi connectivity index (χ2n) is 6.27. The number of hydrogen-bond acceptors (Lipinski definition) is 10. The van der Waals surface area contributed by atoms with Crippen molar-refractivity contribution in [3.8, 4) is 0 Å². The first kappa shape index (κ1) is 22.2. The number of anilines is 1. The number of alkyl halides is 1. The number of methoxy groups -OCH3 is 1. The predicted octanol–water partition coefficient (Wildman–Crippen LogP) is -0.222. The summed E-state index contributed by atoms with van der Waals surface area (Å²) in [6.07, 6.45) is -5.11. The SMILES string of the molecule is COCc1nc(N)c2ncn([C@@H]3O[C@H](COP(=O)(O)C[PH](=O)O)[C@@H](O)[C@@H]3F)c2n1. The zero-order valence-electron chi connectivity index (χ0n) is 15.1. The van der Waals surface area contributed by atoms with Crippen LogP contribution in [0.5, 0.6) is 0 Å². The van der Waals surface area contributed by atoms with Crippen molar-refractivity contribution in [2.24, 2.45) is 0 Å². The Kier molecular flexibility index (Phi) is 6.66. The molecular weight excluding hydrogens is 435 g/mol. The van der Waals surface area contributed by atoms with Crippen molar-refractivity contribution in [2.45, 2.75) is 31.2 Å². The number of rotatable bonds is 8. The van der Waals surface area contributed by atoms with Crippen LogP contribution in [0.1, 0.15) is 12.1 Å². The zero-order chi connectivity index (χ0) is 21.3. The van der Waals surface area contributed by atoms with Gasteiger partial charge in [0.1, 0.15) is 30.2 Å². The van der Waals surface area contributed by atoms with Gasteiger partial charge in [0.15, 0.2) is 29.7 Å². The first-order valence-electron chi connectivity index (χ1n) is 8.26. The normalized spacial score (nSPS) is 27.9. The average molecular weight is 455 g/mol. The van der Waals surface area contributed by atoms with Gasteiger partial charge in [0.2, 0.25) is 8.03 Å². The molecule has 2 aromatic rings. The number of ether oxygens (including phenoxy) is 2. The van der Waals surface area contributed by atoms with Crippen molar-refractivity contribution in [1.29, 1.82) is 0 Å². The minimum atomic E-state index is -4.39. The topological polar surface area (TPSA) is 192 Å². The highest BCUT2D eigenvalue weighted by molar-refractivity contribution is 7.64. The van der Waals surface area contributed by atoms with Gasteiger partial charge in [-0.1, -0.05) is 0 Å². The van der Waals surface area contributed by atoms with Crippen LogP contribution in [0.4, 0.5) is 10.2 Å². The maximum atomic E-state index is 14.7. The van der Waals surface area contributed by atoms with Crippen molar-refractivity contribution < 1.29 is 42.4 Å². The van der Waals surface area contributed by atoms with E-state index in [4.69, 9.17) is 24.6 Å². The van der Waals surface area contributed by atoms with E-state index in [1.807, 2.05) is 0 Å². The summed E-state index contributed by atoms with van der Waals surface area (Å²) >= 11 is 0. The van der Waals surface area contributed by atoms with Crippen LogP contribution >= 0.6 is 15.6 Å². The molecule has 1 aliphatic rings. The third-order valence-corrected chi connectivity index (χ3v) is 7.34. The number of halogens is 1. The molecule has 16 heteroatoms. The van der Waals surface area contributed by atoms with Crippen LogP contribution in [0.25, 0.3) is 11.2 Å². The summed E-state index contributed by atoms with van der Waals surface area (Å²) in [5.41, 5.74) is 6.18. The van der Waals surface area contributed by atoms with Crippen LogP contribution in [0, 0.1) is 0 Å². The summed E-state index contributed by atoms with van der Waals surface area (Å²) in [5, 5.41) is 10.1. The Morgan fingerprint density at radius 1 is 1.48 bits per heavy atom. The molecule has 1 saturated heterocycles. The molecule has 0 aromatic carbocycles. The largest absolute Gasteiger partial charge is 0.387 e. The maximum Gasteiger partial charge on any atom is 0.337 e. The van der Waals surface area contributed by atoms with Gasteiger partial charge in [-0.2, -0.15) is 0 Å². The number of nitrogens with two attached hydrogens (primary N) is 1. The summed E-state index contributed by atoms with van der Waals surface area (Å²) in [7, 11) is -6.21. The highest BCUT2D eigenvalue weighted by Gasteiger charge is 2.46. The van der Waals surface area contributed by atoms with Gasteiger partial charge >= 0.3 is 7.60 Å². The lowest BCUT2D eigenvalue weighted by atomic mass is 10.1. The molecule has 1 fully saturated rings. The highest BCUT2D eigenvalue weighted by Crippen LogP contribution is 2.49. The average Bonchev–Trinajstić information content (AvgIpc) is 3.15. The summed E-state index contributed by atoms with van der Waals surface area (Å²) in [5.74, 6) is -0.670. The highest BCUT2D eigenvalue weighted by atomic mass is 31.2. The third-order valence-electron chi connectivity index (χ3n) is 4.11. The molecule has 3 heterocycles. The predicted molar refractivity (Wildman–Crippen MR) is 97.1 cm³/mol. The minimum absolute atomic E-state index is 0.0504. The van der Waals surface area contributed by atoms with Gasteiger partial charge in [0.25, 0.3) is 0 Å². The molecule has 0 amide bonds. The molecule has 162 valence electrons. The number of nitrogen functional groups attached to an aromatic ring is 1. The van der Waals surface area contributed by atoms with Crippen molar-refractivity contribution in [1.82, 2.24) is 19.5 Å². The molecule has 0 spiro atoms. The number of aliphatic hydroxyl groups excluding tert-OH is 1. The van der Waals surface area contributed by atoms with Gasteiger partial charge in [-0.05, 0) is 0 Å². The van der Waals surface area contributed by atoms with Gasteiger partial charge in [0, 0.05) is 7.11 Å². The van der Waals surface area contributed by atoms with E-state index in [1.54, 1.807) is 0 Å². The quantitative estimate of drug-likeness (QED) is 0.383. The number of aromatic nitrogens is 4. The number of imidazole rings is 1. The van der Waals surface area contributed by atoms with Crippen LogP contribution in [-0.4, -0.2) is 72.4 Å². The van der Waals surface area contributed by atoms with Gasteiger partial charge < -0.3 is 34.6 Å². The molecule has 2 aromatic heterocycles. The van der Waals surface area contributed by atoms with Gasteiger partial charge in [-0.25, -0.2) is 19.3 Å². The van der Waals surface area contributed by atoms with Crippen LogP contribution in [-0.2, 0) is 29.7 Å². The smallest absolute Gasteiger partial charge is 0.337 e. The van der Waals surface area contributed by atoms with Crippen LogP contribution < -0.4 is 5.73 Å².